The number of hydrogen-bond acceptors (Lipinski definition) is 1. The maximum atomic E-state index is 13.6. The van der Waals surface area contributed by atoms with Crippen LogP contribution in [0.5, 0.6) is 0 Å². The Bertz CT molecular complexity index is 499. The molecule has 0 aliphatic carbocycles. The van der Waals surface area contributed by atoms with Gasteiger partial charge >= 0.3 is 6.03 Å². The fourth-order valence-corrected chi connectivity index (χ4v) is 3.39. The highest BCUT2D eigenvalue weighted by Gasteiger charge is 2.24. The van der Waals surface area contributed by atoms with E-state index < -0.39 is 0 Å². The Morgan fingerprint density at radius 1 is 1.38 bits per heavy atom. The minimum Gasteiger partial charge on any atom is -0.338 e. The molecule has 0 aromatic heterocycles. The number of piperidine rings is 1. The number of urea groups is 1. The van der Waals surface area contributed by atoms with Crippen molar-refractivity contribution in [2.45, 2.75) is 26.7 Å². The molecule has 0 radical (unpaired) electrons. The molecule has 1 aliphatic heterocycles. The second kappa shape index (κ2) is 7.25. The van der Waals surface area contributed by atoms with Gasteiger partial charge in [-0.15, -0.1) is 0 Å². The number of rotatable bonds is 3. The van der Waals surface area contributed by atoms with Gasteiger partial charge < -0.3 is 10.2 Å². The quantitative estimate of drug-likeness (QED) is 0.877. The number of likely N-dealkylation sites (tertiary alicyclic amines) is 1. The molecule has 1 aliphatic rings. The van der Waals surface area contributed by atoms with E-state index >= 15 is 0 Å². The van der Waals surface area contributed by atoms with Crippen LogP contribution in [0.2, 0.25) is 0 Å². The normalized spacial score (nSPS) is 22.2. The molecule has 1 fully saturated rings. The summed E-state index contributed by atoms with van der Waals surface area (Å²) in [5, 5.41) is 2.89. The summed E-state index contributed by atoms with van der Waals surface area (Å²) < 4.78 is 14.5. The van der Waals surface area contributed by atoms with E-state index in [0.717, 1.165) is 17.6 Å². The maximum Gasteiger partial charge on any atom is 0.317 e. The molecule has 0 spiro atoms. The summed E-state index contributed by atoms with van der Waals surface area (Å²) >= 11 is 3.33. The van der Waals surface area contributed by atoms with E-state index in [9.17, 15) is 9.18 Å². The Labute approximate surface area is 134 Å². The number of carbonyl (C=O) groups is 1. The summed E-state index contributed by atoms with van der Waals surface area (Å²) in [7, 11) is 0. The first-order chi connectivity index (χ1) is 9.95. The van der Waals surface area contributed by atoms with Gasteiger partial charge in [-0.1, -0.05) is 29.8 Å². The second-order valence-corrected chi connectivity index (χ2v) is 6.98. The molecule has 1 N–H and O–H groups in total. The van der Waals surface area contributed by atoms with Gasteiger partial charge in [0, 0.05) is 24.1 Å². The van der Waals surface area contributed by atoms with Crippen molar-refractivity contribution >= 4 is 22.0 Å². The van der Waals surface area contributed by atoms with Crippen LogP contribution in [0.1, 0.15) is 25.8 Å². The van der Waals surface area contributed by atoms with Crippen LogP contribution < -0.4 is 5.32 Å². The predicted octanol–water partition coefficient (Wildman–Crippen LogP) is 3.82. The van der Waals surface area contributed by atoms with Crippen molar-refractivity contribution < 1.29 is 9.18 Å². The Hall–Kier alpha value is -1.10. The molecule has 1 aromatic carbocycles. The zero-order chi connectivity index (χ0) is 15.4. The molecule has 0 bridgehead atoms. The lowest BCUT2D eigenvalue weighted by atomic mass is 9.92. The van der Waals surface area contributed by atoms with Crippen LogP contribution in [-0.4, -0.2) is 30.6 Å². The molecule has 116 valence electrons. The van der Waals surface area contributed by atoms with Crippen LogP contribution in [-0.2, 0) is 6.42 Å². The molecular formula is C16H22BrFN2O. The number of nitrogens with zero attached hydrogens (tertiary/aromatic N) is 1. The Morgan fingerprint density at radius 2 is 2.05 bits per heavy atom. The number of halogens is 2. The summed E-state index contributed by atoms with van der Waals surface area (Å²) in [6.07, 6.45) is 1.67. The van der Waals surface area contributed by atoms with Crippen LogP contribution in [0.25, 0.3) is 0 Å². The van der Waals surface area contributed by atoms with Gasteiger partial charge in [0.05, 0.1) is 0 Å². The zero-order valence-corrected chi connectivity index (χ0v) is 14.1. The van der Waals surface area contributed by atoms with E-state index in [-0.39, 0.29) is 11.8 Å². The average Bonchev–Trinajstić information content (AvgIpc) is 2.41. The first kappa shape index (κ1) is 16.3. The van der Waals surface area contributed by atoms with Crippen molar-refractivity contribution in [3.8, 4) is 0 Å². The molecule has 2 unspecified atom stereocenters. The van der Waals surface area contributed by atoms with Gasteiger partial charge in [0.2, 0.25) is 0 Å². The molecule has 5 heteroatoms. The number of carbonyl (C=O) groups excluding carboxylic acids is 1. The molecule has 2 rings (SSSR count). The van der Waals surface area contributed by atoms with Crippen molar-refractivity contribution in [3.05, 3.63) is 34.1 Å². The van der Waals surface area contributed by atoms with E-state index in [2.05, 4.69) is 35.1 Å². The number of amides is 2. The highest BCUT2D eigenvalue weighted by atomic mass is 79.9. The van der Waals surface area contributed by atoms with Crippen LogP contribution in [0, 0.1) is 17.7 Å². The van der Waals surface area contributed by atoms with Crippen molar-refractivity contribution in [2.75, 3.05) is 19.6 Å². The van der Waals surface area contributed by atoms with Gasteiger partial charge in [0.25, 0.3) is 0 Å². The minimum absolute atomic E-state index is 0.0381. The summed E-state index contributed by atoms with van der Waals surface area (Å²) in [4.78, 5) is 14.0. The first-order valence-electron chi connectivity index (χ1n) is 7.42. The molecule has 2 amide bonds. The fourth-order valence-electron chi connectivity index (χ4n) is 2.98. The van der Waals surface area contributed by atoms with Crippen molar-refractivity contribution in [2.24, 2.45) is 11.8 Å². The Morgan fingerprint density at radius 3 is 2.71 bits per heavy atom. The smallest absolute Gasteiger partial charge is 0.317 e. The van der Waals surface area contributed by atoms with Crippen LogP contribution in [0.3, 0.4) is 0 Å². The standard InChI is InChI=1S/C16H22BrFN2O/c1-11-7-12(2)10-20(9-11)16(21)19-6-5-13-8-14(17)3-4-15(13)18/h3-4,8,11-12H,5-7,9-10H2,1-2H3,(H,19,21). The number of benzene rings is 1. The van der Waals surface area contributed by atoms with Gasteiger partial charge in [-0.3, -0.25) is 0 Å². The van der Waals surface area contributed by atoms with Crippen LogP contribution in [0.15, 0.2) is 22.7 Å². The molecule has 0 saturated carbocycles. The molecule has 21 heavy (non-hydrogen) atoms. The third-order valence-corrected chi connectivity index (χ3v) is 4.33. The van der Waals surface area contributed by atoms with Gasteiger partial charge in [0.1, 0.15) is 5.82 Å². The zero-order valence-electron chi connectivity index (χ0n) is 12.5. The van der Waals surface area contributed by atoms with Gasteiger partial charge in [-0.05, 0) is 48.4 Å². The third kappa shape index (κ3) is 4.70. The lowest BCUT2D eigenvalue weighted by Gasteiger charge is -2.34. The minimum atomic E-state index is -0.229. The van der Waals surface area contributed by atoms with Crippen molar-refractivity contribution in [1.82, 2.24) is 10.2 Å². The van der Waals surface area contributed by atoms with Crippen LogP contribution >= 0.6 is 15.9 Å². The monoisotopic (exact) mass is 356 g/mol. The predicted molar refractivity (Wildman–Crippen MR) is 85.7 cm³/mol. The maximum absolute atomic E-state index is 13.6. The van der Waals surface area contributed by atoms with E-state index in [1.807, 2.05) is 4.90 Å². The first-order valence-corrected chi connectivity index (χ1v) is 8.21. The lowest BCUT2D eigenvalue weighted by molar-refractivity contribution is 0.146. The third-order valence-electron chi connectivity index (χ3n) is 3.83. The lowest BCUT2D eigenvalue weighted by Crippen LogP contribution is -2.47. The van der Waals surface area contributed by atoms with E-state index in [1.54, 1.807) is 12.1 Å². The SMILES string of the molecule is CC1CC(C)CN(C(=O)NCCc2cc(Br)ccc2F)C1. The van der Waals surface area contributed by atoms with E-state index in [0.29, 0.717) is 30.4 Å². The highest BCUT2D eigenvalue weighted by Crippen LogP contribution is 2.21. The topological polar surface area (TPSA) is 32.3 Å². The Balaban J connectivity index is 1.82. The van der Waals surface area contributed by atoms with Crippen molar-refractivity contribution in [1.29, 1.82) is 0 Å². The van der Waals surface area contributed by atoms with Crippen molar-refractivity contribution in [3.63, 3.8) is 0 Å². The summed E-state index contributed by atoms with van der Waals surface area (Å²) in [5.41, 5.74) is 0.616. The van der Waals surface area contributed by atoms with Gasteiger partial charge in [-0.2, -0.15) is 0 Å². The highest BCUT2D eigenvalue weighted by molar-refractivity contribution is 9.10. The van der Waals surface area contributed by atoms with Gasteiger partial charge in [-0.25, -0.2) is 9.18 Å². The van der Waals surface area contributed by atoms with E-state index in [4.69, 9.17) is 0 Å². The molecule has 1 heterocycles. The number of nitrogens with one attached hydrogen (secondary N) is 1. The van der Waals surface area contributed by atoms with Gasteiger partial charge in [0.15, 0.2) is 0 Å². The molecule has 3 nitrogen and oxygen atoms in total. The summed E-state index contributed by atoms with van der Waals surface area (Å²) in [6, 6.07) is 4.83. The molecule has 1 saturated heterocycles. The van der Waals surface area contributed by atoms with Crippen LogP contribution in [0.4, 0.5) is 9.18 Å². The second-order valence-electron chi connectivity index (χ2n) is 6.07. The summed E-state index contributed by atoms with van der Waals surface area (Å²) in [5.74, 6) is 0.858. The molecule has 2 atom stereocenters. The average molecular weight is 357 g/mol. The number of hydrogen-bond donors (Lipinski definition) is 1. The largest absolute Gasteiger partial charge is 0.338 e. The molecule has 1 aromatic rings. The molecular weight excluding hydrogens is 335 g/mol. The Kier molecular flexibility index (Phi) is 5.62. The summed E-state index contributed by atoms with van der Waals surface area (Å²) in [6.45, 7) is 6.41. The fraction of sp³-hybridized carbons (Fsp3) is 0.562. The van der Waals surface area contributed by atoms with E-state index in [1.165, 1.54) is 12.5 Å².